The summed E-state index contributed by atoms with van der Waals surface area (Å²) in [7, 11) is 0. The minimum atomic E-state index is -0.00747. The number of rotatable bonds is 4. The van der Waals surface area contributed by atoms with Gasteiger partial charge in [-0.1, -0.05) is 29.8 Å². The minimum Gasteiger partial charge on any atom is -0.298 e. The van der Waals surface area contributed by atoms with Crippen molar-refractivity contribution in [2.24, 2.45) is 0 Å². The molecule has 1 aromatic rings. The van der Waals surface area contributed by atoms with E-state index in [1.54, 1.807) is 0 Å². The Morgan fingerprint density at radius 1 is 1.05 bits per heavy atom. The summed E-state index contributed by atoms with van der Waals surface area (Å²) < 4.78 is 0. The van der Waals surface area contributed by atoms with Crippen LogP contribution in [0.2, 0.25) is 0 Å². The van der Waals surface area contributed by atoms with Crippen LogP contribution in [-0.2, 0) is 9.59 Å². The van der Waals surface area contributed by atoms with E-state index in [4.69, 9.17) is 0 Å². The lowest BCUT2D eigenvalue weighted by Gasteiger charge is -2.23. The Hall–Kier alpha value is -1.68. The first-order valence-electron chi connectivity index (χ1n) is 8.18. The first-order chi connectivity index (χ1) is 10.5. The second-order valence-electron chi connectivity index (χ2n) is 6.63. The van der Waals surface area contributed by atoms with Crippen molar-refractivity contribution in [2.75, 3.05) is 19.6 Å². The van der Waals surface area contributed by atoms with Crippen molar-refractivity contribution in [1.82, 2.24) is 9.80 Å². The third kappa shape index (κ3) is 3.07. The van der Waals surface area contributed by atoms with Gasteiger partial charge in [0.05, 0.1) is 0 Å². The quantitative estimate of drug-likeness (QED) is 0.801. The Morgan fingerprint density at radius 2 is 1.68 bits per heavy atom. The highest BCUT2D eigenvalue weighted by molar-refractivity contribution is 6.01. The number of carbonyl (C=O) groups excluding carboxylic acids is 2. The molecule has 2 atom stereocenters. The van der Waals surface area contributed by atoms with Crippen LogP contribution in [0.3, 0.4) is 0 Å². The summed E-state index contributed by atoms with van der Waals surface area (Å²) in [6.07, 6.45) is 1.92. The highest BCUT2D eigenvalue weighted by Crippen LogP contribution is 2.31. The zero-order chi connectivity index (χ0) is 15.7. The molecule has 4 nitrogen and oxygen atoms in total. The number of benzene rings is 1. The fraction of sp³-hybridized carbons (Fsp3) is 0.556. The van der Waals surface area contributed by atoms with E-state index in [0.29, 0.717) is 31.3 Å². The zero-order valence-electron chi connectivity index (χ0n) is 13.4. The summed E-state index contributed by atoms with van der Waals surface area (Å²) in [4.78, 5) is 27.2. The number of hydrogen-bond donors (Lipinski definition) is 0. The first kappa shape index (κ1) is 15.2. The third-order valence-electron chi connectivity index (χ3n) is 5.02. The van der Waals surface area contributed by atoms with E-state index < -0.39 is 0 Å². The van der Waals surface area contributed by atoms with E-state index in [0.717, 1.165) is 19.5 Å². The topological polar surface area (TPSA) is 40.6 Å². The molecule has 1 aromatic carbocycles. The molecule has 2 fully saturated rings. The molecule has 0 spiro atoms. The van der Waals surface area contributed by atoms with Crippen LogP contribution in [-0.4, -0.2) is 47.3 Å². The predicted octanol–water partition coefficient (Wildman–Crippen LogP) is 2.32. The zero-order valence-corrected chi connectivity index (χ0v) is 13.4. The van der Waals surface area contributed by atoms with E-state index in [1.165, 1.54) is 16.0 Å². The second-order valence-corrected chi connectivity index (χ2v) is 6.63. The Balaban J connectivity index is 1.58. The number of carbonyl (C=O) groups is 2. The van der Waals surface area contributed by atoms with Gasteiger partial charge in [-0.05, 0) is 31.7 Å². The molecule has 3 rings (SSSR count). The average molecular weight is 300 g/mol. The van der Waals surface area contributed by atoms with Gasteiger partial charge in [0, 0.05) is 38.5 Å². The van der Waals surface area contributed by atoms with Crippen LogP contribution >= 0.6 is 0 Å². The molecule has 0 radical (unpaired) electrons. The summed E-state index contributed by atoms with van der Waals surface area (Å²) in [6.45, 7) is 6.70. The lowest BCUT2D eigenvalue weighted by Crippen LogP contribution is -2.39. The standard InChI is InChI=1S/C18H24N2O2/c1-13-3-5-15(6-4-13)16-11-14(2)19(12-16)9-10-20-17(21)7-8-18(20)22/h3-6,14,16H,7-12H2,1-2H3/t14-,16+/m1/s1. The van der Waals surface area contributed by atoms with Gasteiger partial charge < -0.3 is 0 Å². The lowest BCUT2D eigenvalue weighted by molar-refractivity contribution is -0.138. The molecule has 0 unspecified atom stereocenters. The SMILES string of the molecule is Cc1ccc([C@H]2C[C@@H](C)N(CCN3C(=O)CCC3=O)C2)cc1. The second kappa shape index (κ2) is 6.21. The normalized spacial score (nSPS) is 26.2. The highest BCUT2D eigenvalue weighted by atomic mass is 16.2. The van der Waals surface area contributed by atoms with E-state index in [9.17, 15) is 9.59 Å². The molecule has 0 aromatic heterocycles. The van der Waals surface area contributed by atoms with Crippen molar-refractivity contribution in [3.05, 3.63) is 35.4 Å². The Labute approximate surface area is 132 Å². The number of aryl methyl sites for hydroxylation is 1. The summed E-state index contributed by atoms with van der Waals surface area (Å²) in [5.41, 5.74) is 2.69. The lowest BCUT2D eigenvalue weighted by atomic mass is 9.96. The molecule has 2 aliphatic rings. The maximum absolute atomic E-state index is 11.7. The van der Waals surface area contributed by atoms with Crippen LogP contribution in [0.15, 0.2) is 24.3 Å². The summed E-state index contributed by atoms with van der Waals surface area (Å²) in [6, 6.07) is 9.29. The number of imide groups is 1. The minimum absolute atomic E-state index is 0.00747. The fourth-order valence-corrected chi connectivity index (χ4v) is 3.59. The van der Waals surface area contributed by atoms with Gasteiger partial charge >= 0.3 is 0 Å². The molecule has 0 bridgehead atoms. The first-order valence-corrected chi connectivity index (χ1v) is 8.18. The summed E-state index contributed by atoms with van der Waals surface area (Å²) in [5, 5.41) is 0. The van der Waals surface area contributed by atoms with E-state index in [-0.39, 0.29) is 11.8 Å². The van der Waals surface area contributed by atoms with Gasteiger partial charge in [-0.3, -0.25) is 19.4 Å². The molecule has 2 amide bonds. The number of hydrogen-bond acceptors (Lipinski definition) is 3. The highest BCUT2D eigenvalue weighted by Gasteiger charge is 2.33. The van der Waals surface area contributed by atoms with Gasteiger partial charge in [0.2, 0.25) is 11.8 Å². The monoisotopic (exact) mass is 300 g/mol. The van der Waals surface area contributed by atoms with Gasteiger partial charge in [0.25, 0.3) is 0 Å². The van der Waals surface area contributed by atoms with Crippen molar-refractivity contribution in [3.8, 4) is 0 Å². The largest absolute Gasteiger partial charge is 0.298 e. The summed E-state index contributed by atoms with van der Waals surface area (Å²) in [5.74, 6) is 0.541. The maximum atomic E-state index is 11.7. The van der Waals surface area contributed by atoms with Crippen molar-refractivity contribution in [1.29, 1.82) is 0 Å². The third-order valence-corrected chi connectivity index (χ3v) is 5.02. The molecule has 4 heteroatoms. The van der Waals surface area contributed by atoms with Gasteiger partial charge in [-0.2, -0.15) is 0 Å². The van der Waals surface area contributed by atoms with Crippen molar-refractivity contribution >= 4 is 11.8 Å². The fourth-order valence-electron chi connectivity index (χ4n) is 3.59. The van der Waals surface area contributed by atoms with Crippen LogP contribution in [0.5, 0.6) is 0 Å². The predicted molar refractivity (Wildman–Crippen MR) is 85.5 cm³/mol. The van der Waals surface area contributed by atoms with Gasteiger partial charge in [-0.25, -0.2) is 0 Å². The van der Waals surface area contributed by atoms with E-state index in [2.05, 4.69) is 43.0 Å². The Bertz CT molecular complexity index is 551. The van der Waals surface area contributed by atoms with Crippen LogP contribution in [0.4, 0.5) is 0 Å². The molecular formula is C18H24N2O2. The molecule has 0 N–H and O–H groups in total. The van der Waals surface area contributed by atoms with Crippen molar-refractivity contribution < 1.29 is 9.59 Å². The number of likely N-dealkylation sites (tertiary alicyclic amines) is 2. The average Bonchev–Trinajstić information content (AvgIpc) is 3.01. The van der Waals surface area contributed by atoms with Crippen LogP contribution in [0.1, 0.15) is 43.2 Å². The van der Waals surface area contributed by atoms with Crippen LogP contribution in [0.25, 0.3) is 0 Å². The molecule has 0 aliphatic carbocycles. The molecule has 0 saturated carbocycles. The molecule has 2 heterocycles. The Morgan fingerprint density at radius 3 is 2.32 bits per heavy atom. The van der Waals surface area contributed by atoms with Gasteiger partial charge in [0.15, 0.2) is 0 Å². The molecule has 2 aliphatic heterocycles. The smallest absolute Gasteiger partial charge is 0.229 e. The van der Waals surface area contributed by atoms with E-state index >= 15 is 0 Å². The number of nitrogens with zero attached hydrogens (tertiary/aromatic N) is 2. The molecular weight excluding hydrogens is 276 g/mol. The number of amides is 2. The van der Waals surface area contributed by atoms with Gasteiger partial charge in [0.1, 0.15) is 0 Å². The van der Waals surface area contributed by atoms with E-state index in [1.807, 2.05) is 0 Å². The van der Waals surface area contributed by atoms with Crippen LogP contribution < -0.4 is 0 Å². The Kier molecular flexibility index (Phi) is 4.30. The molecule has 2 saturated heterocycles. The van der Waals surface area contributed by atoms with Gasteiger partial charge in [-0.15, -0.1) is 0 Å². The molecule has 22 heavy (non-hydrogen) atoms. The van der Waals surface area contributed by atoms with Crippen LogP contribution in [0, 0.1) is 6.92 Å². The maximum Gasteiger partial charge on any atom is 0.229 e. The summed E-state index contributed by atoms with van der Waals surface area (Å²) >= 11 is 0. The van der Waals surface area contributed by atoms with Crippen molar-refractivity contribution in [3.63, 3.8) is 0 Å². The molecule has 118 valence electrons. The van der Waals surface area contributed by atoms with Crippen molar-refractivity contribution in [2.45, 2.75) is 45.1 Å².